The Morgan fingerprint density at radius 2 is 1.62 bits per heavy atom. The molecule has 2 heterocycles. The molecule has 2 N–H and O–H groups in total. The number of rotatable bonds is 8. The van der Waals surface area contributed by atoms with Gasteiger partial charge in [0, 0.05) is 22.9 Å². The molecule has 0 aliphatic heterocycles. The van der Waals surface area contributed by atoms with E-state index < -0.39 is 41.2 Å². The lowest BCUT2D eigenvalue weighted by molar-refractivity contribution is -0.00948. The highest BCUT2D eigenvalue weighted by atomic mass is 19.1. The van der Waals surface area contributed by atoms with Crippen molar-refractivity contribution in [3.8, 4) is 5.69 Å². The lowest BCUT2D eigenvalue weighted by Gasteiger charge is -2.28. The number of benzene rings is 3. The number of aromatic nitrogens is 6. The van der Waals surface area contributed by atoms with Gasteiger partial charge in [0.15, 0.2) is 0 Å². The van der Waals surface area contributed by atoms with Crippen LogP contribution in [0.25, 0.3) is 5.69 Å². The number of anilines is 1. The first-order valence-electron chi connectivity index (χ1n) is 11.5. The second kappa shape index (κ2) is 10.4. The average Bonchev–Trinajstić information content (AvgIpc) is 3.54. The van der Waals surface area contributed by atoms with E-state index in [1.165, 1.54) is 52.5 Å². The van der Waals surface area contributed by atoms with Crippen molar-refractivity contribution >= 4 is 11.6 Å². The summed E-state index contributed by atoms with van der Waals surface area (Å²) in [5.41, 5.74) is -1.82. The molecule has 10 nitrogen and oxygen atoms in total. The maximum absolute atomic E-state index is 14.7. The number of amides is 1. The number of carbonyl (C=O) groups is 1. The molecule has 39 heavy (non-hydrogen) atoms. The molecule has 0 saturated carbocycles. The highest BCUT2D eigenvalue weighted by molar-refractivity contribution is 6.04. The third kappa shape index (κ3) is 5.48. The zero-order valence-corrected chi connectivity index (χ0v) is 20.1. The number of nitrogens with zero attached hydrogens (tertiary/aromatic N) is 6. The quantitative estimate of drug-likeness (QED) is 0.315. The minimum absolute atomic E-state index is 0.248. The Labute approximate surface area is 218 Å². The molecule has 13 heteroatoms. The maximum atomic E-state index is 14.7. The van der Waals surface area contributed by atoms with Gasteiger partial charge in [0.2, 0.25) is 0 Å². The van der Waals surface area contributed by atoms with Crippen LogP contribution in [0.5, 0.6) is 0 Å². The molecule has 2 aromatic heterocycles. The van der Waals surface area contributed by atoms with Gasteiger partial charge in [0.25, 0.3) is 5.91 Å². The molecular formula is C26H20F3N7O3. The molecule has 0 fully saturated rings. The van der Waals surface area contributed by atoms with E-state index in [-0.39, 0.29) is 17.7 Å². The third-order valence-corrected chi connectivity index (χ3v) is 5.98. The van der Waals surface area contributed by atoms with Gasteiger partial charge in [0.1, 0.15) is 42.0 Å². The summed E-state index contributed by atoms with van der Waals surface area (Å²) in [4.78, 5) is 29.3. The molecule has 0 aliphatic rings. The molecule has 5 aromatic rings. The van der Waals surface area contributed by atoms with Gasteiger partial charge < -0.3 is 10.4 Å². The highest BCUT2D eigenvalue weighted by Gasteiger charge is 2.35. The van der Waals surface area contributed by atoms with Gasteiger partial charge in [-0.15, -0.1) is 0 Å². The van der Waals surface area contributed by atoms with Crippen molar-refractivity contribution < 1.29 is 23.1 Å². The summed E-state index contributed by atoms with van der Waals surface area (Å²) >= 11 is 0. The second-order valence-corrected chi connectivity index (χ2v) is 8.70. The summed E-state index contributed by atoms with van der Waals surface area (Å²) in [5, 5.41) is 22.2. The van der Waals surface area contributed by atoms with Crippen LogP contribution in [0.15, 0.2) is 90.5 Å². The Morgan fingerprint density at radius 3 is 2.28 bits per heavy atom. The van der Waals surface area contributed by atoms with Gasteiger partial charge in [0.05, 0.1) is 18.8 Å². The van der Waals surface area contributed by atoms with Crippen molar-refractivity contribution in [1.29, 1.82) is 0 Å². The van der Waals surface area contributed by atoms with E-state index in [0.29, 0.717) is 17.4 Å². The van der Waals surface area contributed by atoms with Crippen molar-refractivity contribution in [2.75, 3.05) is 5.32 Å². The largest absolute Gasteiger partial charge is 0.381 e. The molecule has 0 radical (unpaired) electrons. The molecule has 3 aromatic carbocycles. The zero-order valence-electron chi connectivity index (χ0n) is 20.1. The van der Waals surface area contributed by atoms with E-state index in [2.05, 4.69) is 20.5 Å². The molecule has 198 valence electrons. The van der Waals surface area contributed by atoms with E-state index in [1.54, 1.807) is 24.3 Å². The van der Waals surface area contributed by atoms with E-state index in [4.69, 9.17) is 0 Å². The Hall–Kier alpha value is -5.04. The molecule has 0 saturated heterocycles. The summed E-state index contributed by atoms with van der Waals surface area (Å²) in [5.74, 6) is -2.71. The Morgan fingerprint density at radius 1 is 0.897 bits per heavy atom. The number of nitrogens with one attached hydrogen (secondary N) is 1. The number of carbonyl (C=O) groups excluding carboxylic acids is 1. The Balaban J connectivity index is 1.38. The lowest BCUT2D eigenvalue weighted by atomic mass is 9.93. The molecule has 1 amide bonds. The highest BCUT2D eigenvalue weighted by Crippen LogP contribution is 2.28. The maximum Gasteiger partial charge on any atom is 0.350 e. The molecule has 0 aliphatic carbocycles. The fourth-order valence-corrected chi connectivity index (χ4v) is 4.05. The van der Waals surface area contributed by atoms with Crippen LogP contribution in [-0.4, -0.2) is 40.1 Å². The van der Waals surface area contributed by atoms with Crippen LogP contribution < -0.4 is 11.0 Å². The SMILES string of the molecule is O=C(Nc1ccc(-n2cnn(C[C@@](O)(Cn3cncn3)c3ccc(F)cc3F)c2=O)cc1)c1ccc(F)cc1. The monoisotopic (exact) mass is 535 g/mol. The first-order valence-corrected chi connectivity index (χ1v) is 11.5. The molecule has 0 unspecified atom stereocenters. The number of aliphatic hydroxyl groups is 1. The first kappa shape index (κ1) is 25.6. The molecular weight excluding hydrogens is 515 g/mol. The van der Waals surface area contributed by atoms with Crippen molar-refractivity contribution in [3.05, 3.63) is 125 Å². The fraction of sp³-hybridized carbons (Fsp3) is 0.115. The van der Waals surface area contributed by atoms with Crippen molar-refractivity contribution in [1.82, 2.24) is 29.1 Å². The number of hydrogen-bond donors (Lipinski definition) is 2. The van der Waals surface area contributed by atoms with Crippen LogP contribution in [0.1, 0.15) is 15.9 Å². The lowest BCUT2D eigenvalue weighted by Crippen LogP contribution is -2.41. The van der Waals surface area contributed by atoms with Crippen LogP contribution in [-0.2, 0) is 18.7 Å². The van der Waals surface area contributed by atoms with Gasteiger partial charge in [-0.25, -0.2) is 36.9 Å². The third-order valence-electron chi connectivity index (χ3n) is 5.98. The zero-order chi connectivity index (χ0) is 27.6. The van der Waals surface area contributed by atoms with Crippen LogP contribution in [0, 0.1) is 17.5 Å². The topological polar surface area (TPSA) is 120 Å². The Kier molecular flexibility index (Phi) is 6.81. The molecule has 0 spiro atoms. The van der Waals surface area contributed by atoms with Crippen LogP contribution in [0.2, 0.25) is 0 Å². The van der Waals surface area contributed by atoms with Crippen LogP contribution >= 0.6 is 0 Å². The fourth-order valence-electron chi connectivity index (χ4n) is 4.05. The van der Waals surface area contributed by atoms with Gasteiger partial charge in [-0.3, -0.25) is 4.79 Å². The van der Waals surface area contributed by atoms with Crippen LogP contribution in [0.4, 0.5) is 18.9 Å². The predicted molar refractivity (Wildman–Crippen MR) is 132 cm³/mol. The molecule has 5 rings (SSSR count). The minimum atomic E-state index is -2.04. The van der Waals surface area contributed by atoms with Crippen molar-refractivity contribution in [2.45, 2.75) is 18.7 Å². The van der Waals surface area contributed by atoms with E-state index in [0.717, 1.165) is 16.8 Å². The summed E-state index contributed by atoms with van der Waals surface area (Å²) in [6.07, 6.45) is 3.77. The van der Waals surface area contributed by atoms with E-state index >= 15 is 0 Å². The summed E-state index contributed by atoms with van der Waals surface area (Å²) in [6.45, 7) is -0.773. The van der Waals surface area contributed by atoms with Gasteiger partial charge in [-0.05, 0) is 54.6 Å². The number of halogens is 3. The predicted octanol–water partition coefficient (Wildman–Crippen LogP) is 2.88. The standard InChI is InChI=1S/C26H20F3N7O3/c27-18-3-1-17(2-4-18)24(37)33-20-6-8-21(9-7-20)35-16-32-36(25(35)38)13-26(39,12-34-15-30-14-31-34)22-10-5-19(28)11-23(22)29/h1-11,14-16,39H,12-13H2,(H,33,37)/t26-/m0/s1. The van der Waals surface area contributed by atoms with Crippen molar-refractivity contribution in [3.63, 3.8) is 0 Å². The molecule has 0 bridgehead atoms. The minimum Gasteiger partial charge on any atom is -0.381 e. The van der Waals surface area contributed by atoms with Gasteiger partial charge in [-0.1, -0.05) is 6.07 Å². The first-order chi connectivity index (χ1) is 18.7. The van der Waals surface area contributed by atoms with Crippen LogP contribution in [0.3, 0.4) is 0 Å². The summed E-state index contributed by atoms with van der Waals surface area (Å²) in [6, 6.07) is 14.1. The molecule has 1 atom stereocenters. The van der Waals surface area contributed by atoms with Gasteiger partial charge in [-0.2, -0.15) is 10.2 Å². The normalized spacial score (nSPS) is 12.7. The van der Waals surface area contributed by atoms with Gasteiger partial charge >= 0.3 is 5.69 Å². The Bertz CT molecular complexity index is 1670. The average molecular weight is 535 g/mol. The van der Waals surface area contributed by atoms with E-state index in [1.807, 2.05) is 0 Å². The summed E-state index contributed by atoms with van der Waals surface area (Å²) < 4.78 is 44.7. The second-order valence-electron chi connectivity index (χ2n) is 8.70. The van der Waals surface area contributed by atoms with Crippen molar-refractivity contribution in [2.24, 2.45) is 0 Å². The van der Waals surface area contributed by atoms with E-state index in [9.17, 15) is 27.9 Å². The number of hydrogen-bond acceptors (Lipinski definition) is 6. The summed E-state index contributed by atoms with van der Waals surface area (Å²) in [7, 11) is 0. The smallest absolute Gasteiger partial charge is 0.350 e.